The summed E-state index contributed by atoms with van der Waals surface area (Å²) in [6.45, 7) is -0.000642. The van der Waals surface area contributed by atoms with Gasteiger partial charge in [-0.1, -0.05) is 41.9 Å². The summed E-state index contributed by atoms with van der Waals surface area (Å²) in [5.74, 6) is -0.113. The summed E-state index contributed by atoms with van der Waals surface area (Å²) in [6, 6.07) is 13.0. The molecule has 2 atom stereocenters. The lowest BCUT2D eigenvalue weighted by atomic mass is 10.0. The Bertz CT molecular complexity index is 580. The van der Waals surface area contributed by atoms with Crippen molar-refractivity contribution in [1.82, 2.24) is 0 Å². The van der Waals surface area contributed by atoms with Crippen LogP contribution >= 0.6 is 11.6 Å². The van der Waals surface area contributed by atoms with E-state index in [-0.39, 0.29) is 11.6 Å². The van der Waals surface area contributed by atoms with Gasteiger partial charge < -0.3 is 15.6 Å². The molecule has 0 fully saturated rings. The van der Waals surface area contributed by atoms with Crippen molar-refractivity contribution in [2.24, 2.45) is 5.73 Å². The largest absolute Gasteiger partial charge is 0.489 e. The number of ether oxygens (including phenoxy) is 1. The van der Waals surface area contributed by atoms with Gasteiger partial charge in [-0.15, -0.1) is 0 Å². The number of hydrogen-bond acceptors (Lipinski definition) is 3. The first-order valence-corrected chi connectivity index (χ1v) is 6.99. The topological polar surface area (TPSA) is 55.5 Å². The van der Waals surface area contributed by atoms with E-state index in [1.54, 1.807) is 0 Å². The van der Waals surface area contributed by atoms with Gasteiger partial charge in [-0.05, 0) is 30.2 Å². The van der Waals surface area contributed by atoms with E-state index in [0.717, 1.165) is 11.6 Å². The van der Waals surface area contributed by atoms with Crippen LogP contribution in [0.4, 0.5) is 4.39 Å². The van der Waals surface area contributed by atoms with Gasteiger partial charge in [0.05, 0.1) is 5.02 Å². The molecule has 0 aromatic heterocycles. The van der Waals surface area contributed by atoms with E-state index in [2.05, 4.69) is 0 Å². The minimum absolute atomic E-state index is 0.000642. The van der Waals surface area contributed by atoms with Gasteiger partial charge in [0.2, 0.25) is 0 Å². The molecule has 0 aliphatic heterocycles. The molecule has 21 heavy (non-hydrogen) atoms. The van der Waals surface area contributed by atoms with Crippen LogP contribution in [0, 0.1) is 5.82 Å². The summed E-state index contributed by atoms with van der Waals surface area (Å²) in [5.41, 5.74) is 7.00. The van der Waals surface area contributed by atoms with Gasteiger partial charge >= 0.3 is 0 Å². The summed E-state index contributed by atoms with van der Waals surface area (Å²) < 4.78 is 18.3. The zero-order chi connectivity index (χ0) is 15.2. The van der Waals surface area contributed by atoms with Crippen LogP contribution in [0.5, 0.6) is 5.75 Å². The molecule has 2 aromatic carbocycles. The molecule has 0 aliphatic carbocycles. The third-order valence-electron chi connectivity index (χ3n) is 3.11. The van der Waals surface area contributed by atoms with E-state index in [9.17, 15) is 9.50 Å². The number of rotatable bonds is 6. The maximum absolute atomic E-state index is 12.9. The van der Waals surface area contributed by atoms with Crippen LogP contribution in [0.1, 0.15) is 5.56 Å². The molecular weight excluding hydrogens is 293 g/mol. The molecule has 112 valence electrons. The number of halogens is 2. The van der Waals surface area contributed by atoms with Crippen molar-refractivity contribution in [3.05, 3.63) is 64.9 Å². The van der Waals surface area contributed by atoms with Gasteiger partial charge in [0.15, 0.2) is 0 Å². The SMILES string of the molecule is NC(Cc1ccccc1)C(O)COc1ccc(F)cc1Cl. The van der Waals surface area contributed by atoms with E-state index < -0.39 is 18.0 Å². The van der Waals surface area contributed by atoms with Crippen molar-refractivity contribution in [3.8, 4) is 5.75 Å². The minimum Gasteiger partial charge on any atom is -0.489 e. The summed E-state index contributed by atoms with van der Waals surface area (Å²) in [7, 11) is 0. The van der Waals surface area contributed by atoms with Crippen LogP contribution in [0.3, 0.4) is 0 Å². The molecule has 0 bridgehead atoms. The fourth-order valence-electron chi connectivity index (χ4n) is 1.91. The van der Waals surface area contributed by atoms with Crippen LogP contribution in [0.25, 0.3) is 0 Å². The lowest BCUT2D eigenvalue weighted by Crippen LogP contribution is -2.40. The second-order valence-electron chi connectivity index (χ2n) is 4.81. The maximum Gasteiger partial charge on any atom is 0.138 e. The zero-order valence-electron chi connectivity index (χ0n) is 11.4. The van der Waals surface area contributed by atoms with Crippen LogP contribution in [0.2, 0.25) is 5.02 Å². The van der Waals surface area contributed by atoms with Crippen molar-refractivity contribution in [3.63, 3.8) is 0 Å². The van der Waals surface area contributed by atoms with Crippen LogP contribution in [0.15, 0.2) is 48.5 Å². The molecule has 5 heteroatoms. The lowest BCUT2D eigenvalue weighted by Gasteiger charge is -2.19. The Morgan fingerprint density at radius 1 is 1.19 bits per heavy atom. The highest BCUT2D eigenvalue weighted by Gasteiger charge is 2.16. The summed E-state index contributed by atoms with van der Waals surface area (Å²) in [5, 5.41) is 10.2. The van der Waals surface area contributed by atoms with Crippen molar-refractivity contribution < 1.29 is 14.2 Å². The molecule has 2 unspecified atom stereocenters. The van der Waals surface area contributed by atoms with Crippen LogP contribution in [-0.4, -0.2) is 23.9 Å². The predicted molar refractivity (Wildman–Crippen MR) is 81.0 cm³/mol. The minimum atomic E-state index is -0.841. The van der Waals surface area contributed by atoms with Crippen molar-refractivity contribution >= 4 is 11.6 Å². The second kappa shape index (κ2) is 7.41. The summed E-state index contributed by atoms with van der Waals surface area (Å²) in [4.78, 5) is 0. The number of benzene rings is 2. The molecule has 0 radical (unpaired) electrons. The fourth-order valence-corrected chi connectivity index (χ4v) is 2.14. The van der Waals surface area contributed by atoms with E-state index >= 15 is 0 Å². The second-order valence-corrected chi connectivity index (χ2v) is 5.21. The maximum atomic E-state index is 12.9. The molecule has 0 heterocycles. The first-order valence-electron chi connectivity index (χ1n) is 6.61. The highest BCUT2D eigenvalue weighted by Crippen LogP contribution is 2.25. The van der Waals surface area contributed by atoms with Gasteiger partial charge in [-0.25, -0.2) is 4.39 Å². The summed E-state index contributed by atoms with van der Waals surface area (Å²) >= 11 is 5.84. The quantitative estimate of drug-likeness (QED) is 0.862. The van der Waals surface area contributed by atoms with Gasteiger partial charge in [0.25, 0.3) is 0 Å². The van der Waals surface area contributed by atoms with E-state index in [1.807, 2.05) is 30.3 Å². The van der Waals surface area contributed by atoms with Crippen LogP contribution < -0.4 is 10.5 Å². The van der Waals surface area contributed by atoms with E-state index in [0.29, 0.717) is 12.2 Å². The van der Waals surface area contributed by atoms with Gasteiger partial charge in [-0.2, -0.15) is 0 Å². The summed E-state index contributed by atoms with van der Waals surface area (Å²) in [6.07, 6.45) is -0.297. The molecule has 0 spiro atoms. The third-order valence-corrected chi connectivity index (χ3v) is 3.41. The number of hydrogen-bond donors (Lipinski definition) is 2. The van der Waals surface area contributed by atoms with Gasteiger partial charge in [-0.3, -0.25) is 0 Å². The standard InChI is InChI=1S/C16H17ClFNO2/c17-13-9-12(18)6-7-16(13)21-10-15(20)14(19)8-11-4-2-1-3-5-11/h1-7,9,14-15,20H,8,10,19H2. The molecule has 0 saturated heterocycles. The molecule has 2 aromatic rings. The van der Waals surface area contributed by atoms with Crippen molar-refractivity contribution in [2.75, 3.05) is 6.61 Å². The Morgan fingerprint density at radius 2 is 1.90 bits per heavy atom. The fraction of sp³-hybridized carbons (Fsp3) is 0.250. The molecule has 2 rings (SSSR count). The highest BCUT2D eigenvalue weighted by atomic mass is 35.5. The third kappa shape index (κ3) is 4.70. The predicted octanol–water partition coefficient (Wildman–Crippen LogP) is 2.79. The Morgan fingerprint density at radius 3 is 2.57 bits per heavy atom. The molecule has 0 amide bonds. The number of nitrogens with two attached hydrogens (primary N) is 1. The van der Waals surface area contributed by atoms with Gasteiger partial charge in [0.1, 0.15) is 24.3 Å². The molecule has 3 N–H and O–H groups in total. The Labute approximate surface area is 128 Å². The van der Waals surface area contributed by atoms with Crippen molar-refractivity contribution in [1.29, 1.82) is 0 Å². The molecule has 0 saturated carbocycles. The van der Waals surface area contributed by atoms with Crippen LogP contribution in [-0.2, 0) is 6.42 Å². The number of aliphatic hydroxyl groups is 1. The zero-order valence-corrected chi connectivity index (χ0v) is 12.1. The Hall–Kier alpha value is -1.62. The monoisotopic (exact) mass is 309 g/mol. The first kappa shape index (κ1) is 15.8. The van der Waals surface area contributed by atoms with E-state index in [4.69, 9.17) is 22.1 Å². The Kier molecular flexibility index (Phi) is 5.56. The normalized spacial score (nSPS) is 13.7. The average Bonchev–Trinajstić information content (AvgIpc) is 2.47. The van der Waals surface area contributed by atoms with Crippen molar-refractivity contribution in [2.45, 2.75) is 18.6 Å². The Balaban J connectivity index is 1.87. The number of aliphatic hydroxyl groups excluding tert-OH is 1. The molecular formula is C16H17ClFNO2. The smallest absolute Gasteiger partial charge is 0.138 e. The first-order chi connectivity index (χ1) is 10.1. The molecule has 3 nitrogen and oxygen atoms in total. The van der Waals surface area contributed by atoms with Gasteiger partial charge in [0, 0.05) is 6.04 Å². The lowest BCUT2D eigenvalue weighted by molar-refractivity contribution is 0.0851. The highest BCUT2D eigenvalue weighted by molar-refractivity contribution is 6.32. The molecule has 0 aliphatic rings. The van der Waals surface area contributed by atoms with E-state index in [1.165, 1.54) is 12.1 Å². The average molecular weight is 310 g/mol.